The van der Waals surface area contributed by atoms with Gasteiger partial charge in [0.2, 0.25) is 11.8 Å². The van der Waals surface area contributed by atoms with E-state index in [1.165, 1.54) is 6.20 Å². The van der Waals surface area contributed by atoms with Crippen LogP contribution < -0.4 is 4.74 Å². The van der Waals surface area contributed by atoms with Crippen molar-refractivity contribution in [2.45, 2.75) is 63.8 Å². The third-order valence-corrected chi connectivity index (χ3v) is 5.67. The molecule has 3 rings (SSSR count). The van der Waals surface area contributed by atoms with Gasteiger partial charge < -0.3 is 14.4 Å². The van der Waals surface area contributed by atoms with E-state index in [0.717, 1.165) is 12.8 Å². The van der Waals surface area contributed by atoms with Gasteiger partial charge in [0.25, 0.3) is 0 Å². The summed E-state index contributed by atoms with van der Waals surface area (Å²) in [5, 5.41) is 0. The molecule has 8 heteroatoms. The Morgan fingerprint density at radius 3 is 2.76 bits per heavy atom. The fraction of sp³-hybridized carbons (Fsp3) is 0.667. The lowest BCUT2D eigenvalue weighted by molar-refractivity contribution is -0.134. The number of pyridine rings is 1. The van der Waals surface area contributed by atoms with Crippen molar-refractivity contribution >= 4 is 11.9 Å². The number of hydrogen-bond donors (Lipinski definition) is 0. The van der Waals surface area contributed by atoms with Crippen molar-refractivity contribution < 1.29 is 27.8 Å². The Labute approximate surface area is 169 Å². The maximum absolute atomic E-state index is 13.3. The van der Waals surface area contributed by atoms with E-state index in [4.69, 9.17) is 9.47 Å². The van der Waals surface area contributed by atoms with Crippen LogP contribution in [-0.2, 0) is 9.53 Å². The molecule has 0 N–H and O–H groups in total. The number of nitrogens with zero attached hydrogens (tertiary/aromatic N) is 2. The minimum atomic E-state index is -2.58. The average Bonchev–Trinajstić information content (AvgIpc) is 3.17. The van der Waals surface area contributed by atoms with Crippen molar-refractivity contribution in [2.75, 3.05) is 19.8 Å². The zero-order chi connectivity index (χ0) is 20.9. The van der Waals surface area contributed by atoms with Crippen molar-refractivity contribution in [3.05, 3.63) is 24.0 Å². The molecule has 0 bridgehead atoms. The quantitative estimate of drug-likeness (QED) is 0.639. The first-order valence-corrected chi connectivity index (χ1v) is 10.3. The first-order chi connectivity index (χ1) is 13.9. The highest BCUT2D eigenvalue weighted by Gasteiger charge is 2.37. The maximum atomic E-state index is 13.3. The molecule has 29 heavy (non-hydrogen) atoms. The molecule has 0 spiro atoms. The summed E-state index contributed by atoms with van der Waals surface area (Å²) >= 11 is 0. The van der Waals surface area contributed by atoms with Crippen molar-refractivity contribution in [1.29, 1.82) is 0 Å². The van der Waals surface area contributed by atoms with Gasteiger partial charge in [-0.2, -0.15) is 0 Å². The van der Waals surface area contributed by atoms with Crippen LogP contribution in [0.2, 0.25) is 0 Å². The number of amides is 1. The number of carbonyl (C=O) groups excluding carboxylic acids is 2. The molecule has 1 aliphatic carbocycles. The first kappa shape index (κ1) is 21.5. The smallest absolute Gasteiger partial charge is 0.360 e. The average molecular weight is 410 g/mol. The van der Waals surface area contributed by atoms with E-state index < -0.39 is 11.9 Å². The molecule has 1 aliphatic heterocycles. The van der Waals surface area contributed by atoms with Gasteiger partial charge in [0.1, 0.15) is 6.61 Å². The molecular weight excluding hydrogens is 382 g/mol. The molecule has 1 saturated heterocycles. The second-order valence-corrected chi connectivity index (χ2v) is 7.77. The van der Waals surface area contributed by atoms with Gasteiger partial charge in [-0.3, -0.25) is 4.79 Å². The van der Waals surface area contributed by atoms with Crippen LogP contribution in [0.3, 0.4) is 0 Å². The topological polar surface area (TPSA) is 68.7 Å². The molecule has 160 valence electrons. The molecule has 2 heterocycles. The lowest BCUT2D eigenvalue weighted by Crippen LogP contribution is -2.40. The number of hydrogen-bond acceptors (Lipinski definition) is 5. The molecule has 0 unspecified atom stereocenters. The summed E-state index contributed by atoms with van der Waals surface area (Å²) in [6, 6.07) is 3.24. The third kappa shape index (κ3) is 5.64. The zero-order valence-corrected chi connectivity index (χ0v) is 16.7. The second-order valence-electron chi connectivity index (χ2n) is 7.77. The zero-order valence-electron chi connectivity index (χ0n) is 16.7. The third-order valence-electron chi connectivity index (χ3n) is 5.67. The Kier molecular flexibility index (Phi) is 7.03. The number of aromatic nitrogens is 1. The van der Waals surface area contributed by atoms with Crippen LogP contribution in [0.15, 0.2) is 18.3 Å². The van der Waals surface area contributed by atoms with Crippen LogP contribution >= 0.6 is 0 Å². The fourth-order valence-corrected chi connectivity index (χ4v) is 4.05. The number of rotatable bonds is 7. The largest absolute Gasteiger partial charge is 0.489 e. The highest BCUT2D eigenvalue weighted by Crippen LogP contribution is 2.38. The minimum absolute atomic E-state index is 0.00289. The normalized spacial score (nSPS) is 21.8. The van der Waals surface area contributed by atoms with Crippen molar-refractivity contribution in [1.82, 2.24) is 9.88 Å². The molecule has 1 atom stereocenters. The molecule has 1 amide bonds. The van der Waals surface area contributed by atoms with Crippen molar-refractivity contribution in [3.63, 3.8) is 0 Å². The summed E-state index contributed by atoms with van der Waals surface area (Å²) in [5.74, 6) is -2.76. The van der Waals surface area contributed by atoms with Gasteiger partial charge in [-0.05, 0) is 50.7 Å². The molecule has 0 aromatic carbocycles. The van der Waals surface area contributed by atoms with Crippen LogP contribution in [0, 0.1) is 5.92 Å². The number of alkyl halides is 2. The number of halogens is 2. The Morgan fingerprint density at radius 2 is 2.03 bits per heavy atom. The van der Waals surface area contributed by atoms with E-state index in [1.807, 2.05) is 0 Å². The monoisotopic (exact) mass is 410 g/mol. The number of ether oxygens (including phenoxy) is 2. The van der Waals surface area contributed by atoms with Crippen molar-refractivity contribution in [2.24, 2.45) is 5.92 Å². The van der Waals surface area contributed by atoms with E-state index >= 15 is 0 Å². The Morgan fingerprint density at radius 1 is 1.28 bits per heavy atom. The van der Waals surface area contributed by atoms with E-state index in [2.05, 4.69) is 4.98 Å². The van der Waals surface area contributed by atoms with Gasteiger partial charge >= 0.3 is 5.97 Å². The van der Waals surface area contributed by atoms with E-state index in [1.54, 1.807) is 24.0 Å². The summed E-state index contributed by atoms with van der Waals surface area (Å²) in [4.78, 5) is 30.6. The predicted octanol–water partition coefficient (Wildman–Crippen LogP) is 3.84. The van der Waals surface area contributed by atoms with Crippen LogP contribution in [0.5, 0.6) is 5.75 Å². The van der Waals surface area contributed by atoms with Gasteiger partial charge in [-0.1, -0.05) is 0 Å². The minimum Gasteiger partial charge on any atom is -0.489 e. The molecule has 1 aromatic rings. The molecule has 1 aromatic heterocycles. The van der Waals surface area contributed by atoms with Gasteiger partial charge in [0.05, 0.1) is 12.6 Å². The maximum Gasteiger partial charge on any atom is 0.360 e. The molecule has 0 radical (unpaired) electrons. The van der Waals surface area contributed by atoms with E-state index in [0.29, 0.717) is 31.6 Å². The van der Waals surface area contributed by atoms with Gasteiger partial charge in [0.15, 0.2) is 11.4 Å². The summed E-state index contributed by atoms with van der Waals surface area (Å²) in [7, 11) is 0. The SMILES string of the molecule is CCOC(=O)c1ncccc1OC[C@H]1CCCN1C(=O)CC1CCC(F)(F)CC1. The van der Waals surface area contributed by atoms with Crippen molar-refractivity contribution in [3.8, 4) is 5.75 Å². The van der Waals surface area contributed by atoms with Gasteiger partial charge in [0, 0.05) is 32.0 Å². The molecule has 2 fully saturated rings. The molecular formula is C21H28F2N2O4. The second kappa shape index (κ2) is 9.50. The summed E-state index contributed by atoms with van der Waals surface area (Å²) in [6.45, 7) is 2.86. The van der Waals surface area contributed by atoms with E-state index in [9.17, 15) is 18.4 Å². The number of likely N-dealkylation sites (tertiary alicyclic amines) is 1. The van der Waals surface area contributed by atoms with E-state index in [-0.39, 0.29) is 49.6 Å². The fourth-order valence-electron chi connectivity index (χ4n) is 4.05. The standard InChI is InChI=1S/C21H28F2N2O4/c1-2-28-20(27)19-17(6-3-11-24-19)29-14-16-5-4-12-25(16)18(26)13-15-7-9-21(22,23)10-8-15/h3,6,11,15-16H,2,4-5,7-10,12-14H2,1H3/t16-/m1/s1. The summed E-state index contributed by atoms with van der Waals surface area (Å²) in [6.07, 6.45) is 4.03. The van der Waals surface area contributed by atoms with Gasteiger partial charge in [-0.15, -0.1) is 0 Å². The highest BCUT2D eigenvalue weighted by molar-refractivity contribution is 5.90. The Hall–Kier alpha value is -2.25. The van der Waals surface area contributed by atoms with Gasteiger partial charge in [-0.25, -0.2) is 18.6 Å². The lowest BCUT2D eigenvalue weighted by Gasteiger charge is -2.30. The van der Waals surface area contributed by atoms with Crippen LogP contribution in [0.4, 0.5) is 8.78 Å². The Bertz CT molecular complexity index is 718. The van der Waals surface area contributed by atoms with Crippen LogP contribution in [0.1, 0.15) is 62.4 Å². The van der Waals surface area contributed by atoms with Crippen LogP contribution in [-0.4, -0.2) is 53.5 Å². The lowest BCUT2D eigenvalue weighted by atomic mass is 9.84. The van der Waals surface area contributed by atoms with Crippen LogP contribution in [0.25, 0.3) is 0 Å². The molecule has 6 nitrogen and oxygen atoms in total. The summed E-state index contributed by atoms with van der Waals surface area (Å²) in [5.41, 5.74) is 0.119. The summed E-state index contributed by atoms with van der Waals surface area (Å²) < 4.78 is 37.5. The highest BCUT2D eigenvalue weighted by atomic mass is 19.3. The number of esters is 1. The first-order valence-electron chi connectivity index (χ1n) is 10.3. The number of carbonyl (C=O) groups is 2. The Balaban J connectivity index is 1.55. The predicted molar refractivity (Wildman–Crippen MR) is 102 cm³/mol. The molecule has 2 aliphatic rings. The molecule has 1 saturated carbocycles.